The molecule has 2 aromatic rings. The molecule has 0 amide bonds. The maximum Gasteiger partial charge on any atom is 0.175 e. The standard InChI is InChI=1S/C23H24O5S/c24-14-17-3-1-16(2-4-17)9-11-23(26)13-20(19-7-5-18(15-25)6-8-19)22-21(23)10-12-29(22,27)28/h1-12,20-22,24-26H,13-15H2/b11-9+/t20-,21-,22-,23+/m0/s1. The van der Waals surface area contributed by atoms with Crippen LogP contribution in [0.4, 0.5) is 0 Å². The second-order valence-corrected chi connectivity index (χ2v) is 9.84. The predicted molar refractivity (Wildman–Crippen MR) is 111 cm³/mol. The summed E-state index contributed by atoms with van der Waals surface area (Å²) in [5.74, 6) is -0.845. The highest BCUT2D eigenvalue weighted by Crippen LogP contribution is 2.53. The molecule has 1 heterocycles. The Morgan fingerprint density at radius 3 is 2.14 bits per heavy atom. The van der Waals surface area contributed by atoms with Crippen LogP contribution in [0, 0.1) is 5.92 Å². The van der Waals surface area contributed by atoms with Gasteiger partial charge in [0, 0.05) is 17.2 Å². The first-order valence-electron chi connectivity index (χ1n) is 9.59. The van der Waals surface area contributed by atoms with E-state index in [4.69, 9.17) is 5.11 Å². The molecule has 1 aliphatic heterocycles. The highest BCUT2D eigenvalue weighted by atomic mass is 32.2. The molecular formula is C23H24O5S. The van der Waals surface area contributed by atoms with Crippen LogP contribution in [0.5, 0.6) is 0 Å². The van der Waals surface area contributed by atoms with E-state index < -0.39 is 26.6 Å². The maximum absolute atomic E-state index is 12.7. The van der Waals surface area contributed by atoms with Crippen LogP contribution in [0.3, 0.4) is 0 Å². The van der Waals surface area contributed by atoms with Crippen molar-refractivity contribution < 1.29 is 23.7 Å². The Kier molecular flexibility index (Phi) is 5.21. The van der Waals surface area contributed by atoms with E-state index in [-0.39, 0.29) is 19.1 Å². The third-order valence-corrected chi connectivity index (χ3v) is 7.96. The van der Waals surface area contributed by atoms with Gasteiger partial charge in [-0.2, -0.15) is 0 Å². The summed E-state index contributed by atoms with van der Waals surface area (Å²) in [5.41, 5.74) is 2.00. The average Bonchev–Trinajstić information content (AvgIpc) is 3.23. The highest BCUT2D eigenvalue weighted by molar-refractivity contribution is 7.95. The number of benzene rings is 2. The first-order valence-corrected chi connectivity index (χ1v) is 11.2. The fourth-order valence-electron chi connectivity index (χ4n) is 4.47. The minimum absolute atomic E-state index is 0.0307. The number of aliphatic hydroxyl groups is 3. The Balaban J connectivity index is 1.66. The van der Waals surface area contributed by atoms with Gasteiger partial charge in [0.05, 0.1) is 24.1 Å². The lowest BCUT2D eigenvalue weighted by Gasteiger charge is -2.24. The molecule has 2 aliphatic rings. The van der Waals surface area contributed by atoms with Gasteiger partial charge in [-0.3, -0.25) is 0 Å². The van der Waals surface area contributed by atoms with Crippen LogP contribution in [0.1, 0.15) is 34.6 Å². The highest BCUT2D eigenvalue weighted by Gasteiger charge is 2.57. The quantitative estimate of drug-likeness (QED) is 0.702. The molecule has 1 saturated carbocycles. The van der Waals surface area contributed by atoms with Gasteiger partial charge in [0.1, 0.15) is 0 Å². The van der Waals surface area contributed by atoms with Crippen molar-refractivity contribution in [3.8, 4) is 0 Å². The molecule has 0 radical (unpaired) electrons. The molecule has 0 bridgehead atoms. The van der Waals surface area contributed by atoms with E-state index >= 15 is 0 Å². The largest absolute Gasteiger partial charge is 0.392 e. The van der Waals surface area contributed by atoms with E-state index in [0.29, 0.717) is 6.42 Å². The molecule has 0 spiro atoms. The Hall–Kier alpha value is -2.25. The zero-order valence-corrected chi connectivity index (χ0v) is 16.7. The van der Waals surface area contributed by atoms with Crippen molar-refractivity contribution in [3.63, 3.8) is 0 Å². The lowest BCUT2D eigenvalue weighted by molar-refractivity contribution is 0.0705. The van der Waals surface area contributed by atoms with Crippen LogP contribution in [-0.2, 0) is 23.1 Å². The van der Waals surface area contributed by atoms with Crippen LogP contribution < -0.4 is 0 Å². The lowest BCUT2D eigenvalue weighted by Crippen LogP contribution is -2.33. The normalized spacial score (nSPS) is 30.1. The van der Waals surface area contributed by atoms with Gasteiger partial charge in [-0.15, -0.1) is 0 Å². The average molecular weight is 413 g/mol. The van der Waals surface area contributed by atoms with Crippen LogP contribution in [-0.4, -0.2) is 34.6 Å². The monoisotopic (exact) mass is 412 g/mol. The molecule has 4 rings (SSSR count). The van der Waals surface area contributed by atoms with Crippen molar-refractivity contribution in [1.29, 1.82) is 0 Å². The number of hydrogen-bond donors (Lipinski definition) is 3. The third kappa shape index (κ3) is 3.69. The fourth-order valence-corrected chi connectivity index (χ4v) is 6.48. The maximum atomic E-state index is 12.7. The molecule has 1 fully saturated rings. The minimum atomic E-state index is -3.45. The summed E-state index contributed by atoms with van der Waals surface area (Å²) >= 11 is 0. The number of fused-ring (bicyclic) bond motifs is 1. The van der Waals surface area contributed by atoms with Gasteiger partial charge in [-0.05, 0) is 28.7 Å². The van der Waals surface area contributed by atoms with Crippen molar-refractivity contribution in [1.82, 2.24) is 0 Å². The smallest absolute Gasteiger partial charge is 0.175 e. The summed E-state index contributed by atoms with van der Waals surface area (Å²) in [6, 6.07) is 14.6. The van der Waals surface area contributed by atoms with E-state index in [1.54, 1.807) is 30.4 Å². The Morgan fingerprint density at radius 1 is 0.966 bits per heavy atom. The first-order chi connectivity index (χ1) is 13.9. The Bertz CT molecular complexity index is 1040. The molecule has 29 heavy (non-hydrogen) atoms. The van der Waals surface area contributed by atoms with Gasteiger partial charge in [-0.25, -0.2) is 8.42 Å². The second-order valence-electron chi connectivity index (χ2n) is 7.84. The van der Waals surface area contributed by atoms with Crippen molar-refractivity contribution in [3.05, 3.63) is 88.3 Å². The first kappa shape index (κ1) is 20.0. The van der Waals surface area contributed by atoms with Crippen LogP contribution in [0.25, 0.3) is 6.08 Å². The van der Waals surface area contributed by atoms with E-state index in [1.807, 2.05) is 36.4 Å². The van der Waals surface area contributed by atoms with E-state index in [1.165, 1.54) is 5.41 Å². The summed E-state index contributed by atoms with van der Waals surface area (Å²) < 4.78 is 25.4. The molecule has 0 aromatic heterocycles. The molecular weight excluding hydrogens is 388 g/mol. The molecule has 2 aromatic carbocycles. The number of sulfone groups is 1. The topological polar surface area (TPSA) is 94.8 Å². The van der Waals surface area contributed by atoms with Crippen LogP contribution in [0.15, 0.2) is 66.1 Å². The lowest BCUT2D eigenvalue weighted by atomic mass is 9.89. The Labute approximate surface area is 170 Å². The molecule has 3 N–H and O–H groups in total. The zero-order chi connectivity index (χ0) is 20.6. The van der Waals surface area contributed by atoms with Crippen molar-refractivity contribution >= 4 is 15.9 Å². The Morgan fingerprint density at radius 2 is 1.55 bits per heavy atom. The van der Waals surface area contributed by atoms with Crippen molar-refractivity contribution in [2.75, 3.05) is 0 Å². The van der Waals surface area contributed by atoms with Gasteiger partial charge in [0.2, 0.25) is 0 Å². The van der Waals surface area contributed by atoms with Crippen LogP contribution >= 0.6 is 0 Å². The molecule has 5 nitrogen and oxygen atoms in total. The molecule has 0 unspecified atom stereocenters. The molecule has 0 saturated heterocycles. The van der Waals surface area contributed by atoms with Crippen molar-refractivity contribution in [2.24, 2.45) is 5.92 Å². The summed E-state index contributed by atoms with van der Waals surface area (Å²) in [5, 5.41) is 30.3. The number of aliphatic hydroxyl groups excluding tert-OH is 2. The van der Waals surface area contributed by atoms with Gasteiger partial charge in [0.25, 0.3) is 0 Å². The second kappa shape index (κ2) is 7.54. The van der Waals surface area contributed by atoms with Gasteiger partial charge < -0.3 is 15.3 Å². The predicted octanol–water partition coefficient (Wildman–Crippen LogP) is 2.53. The molecule has 6 heteroatoms. The summed E-state index contributed by atoms with van der Waals surface area (Å²) in [4.78, 5) is 0. The minimum Gasteiger partial charge on any atom is -0.392 e. The van der Waals surface area contributed by atoms with Gasteiger partial charge in [-0.1, -0.05) is 66.8 Å². The molecule has 152 valence electrons. The molecule has 1 aliphatic carbocycles. The van der Waals surface area contributed by atoms with Gasteiger partial charge >= 0.3 is 0 Å². The molecule has 4 atom stereocenters. The SMILES string of the molecule is O=S1(=O)C=C[C@H]2[C@@H]1[C@H](c1ccc(CO)cc1)C[C@]2(O)/C=C/c1ccc(CO)cc1. The fraction of sp³-hybridized carbons (Fsp3) is 0.304. The summed E-state index contributed by atoms with van der Waals surface area (Å²) in [7, 11) is -3.45. The van der Waals surface area contributed by atoms with E-state index in [0.717, 1.165) is 22.3 Å². The van der Waals surface area contributed by atoms with E-state index in [2.05, 4.69) is 0 Å². The van der Waals surface area contributed by atoms with Crippen molar-refractivity contribution in [2.45, 2.75) is 36.4 Å². The van der Waals surface area contributed by atoms with Gasteiger partial charge in [0.15, 0.2) is 9.84 Å². The summed E-state index contributed by atoms with van der Waals surface area (Å²) in [6.45, 7) is -0.101. The zero-order valence-electron chi connectivity index (χ0n) is 15.8. The number of hydrogen-bond acceptors (Lipinski definition) is 5. The summed E-state index contributed by atoms with van der Waals surface area (Å²) in [6.07, 6.45) is 5.41. The van der Waals surface area contributed by atoms with E-state index in [9.17, 15) is 18.6 Å². The van der Waals surface area contributed by atoms with Crippen LogP contribution in [0.2, 0.25) is 0 Å². The number of rotatable bonds is 5. The third-order valence-electron chi connectivity index (χ3n) is 6.05.